The van der Waals surface area contributed by atoms with Gasteiger partial charge in [0.25, 0.3) is 0 Å². The molecule has 19 heavy (non-hydrogen) atoms. The Morgan fingerprint density at radius 3 is 2.63 bits per heavy atom. The number of hydrogen-bond acceptors (Lipinski definition) is 5. The number of rotatable bonds is 4. The van der Waals surface area contributed by atoms with Gasteiger partial charge in [0.15, 0.2) is 0 Å². The molecule has 0 atom stereocenters. The molecule has 6 heteroatoms. The van der Waals surface area contributed by atoms with Crippen molar-refractivity contribution in [3.05, 3.63) is 28.1 Å². The maximum Gasteiger partial charge on any atom is 0.348 e. The number of methoxy groups -OCH3 is 2. The lowest BCUT2D eigenvalue weighted by Crippen LogP contribution is -1.99. The predicted molar refractivity (Wildman–Crippen MR) is 72.4 cm³/mol. The summed E-state index contributed by atoms with van der Waals surface area (Å²) in [5.41, 5.74) is 3.39. The molecule has 0 radical (unpaired) electrons. The zero-order valence-corrected chi connectivity index (χ0v) is 11.6. The van der Waals surface area contributed by atoms with Crippen molar-refractivity contribution in [1.82, 2.24) is 4.98 Å². The third-order valence-electron chi connectivity index (χ3n) is 2.80. The average Bonchev–Trinajstić information content (AvgIpc) is 2.87. The van der Waals surface area contributed by atoms with Crippen molar-refractivity contribution in [2.75, 3.05) is 14.2 Å². The van der Waals surface area contributed by atoms with Gasteiger partial charge >= 0.3 is 5.97 Å². The number of hydrogen-bond donors (Lipinski definition) is 1. The van der Waals surface area contributed by atoms with Gasteiger partial charge in [-0.1, -0.05) is 0 Å². The Hall–Kier alpha value is -2.08. The summed E-state index contributed by atoms with van der Waals surface area (Å²) in [4.78, 5) is 15.5. The molecule has 0 amide bonds. The first-order valence-electron chi connectivity index (χ1n) is 5.48. The average molecular weight is 279 g/mol. The van der Waals surface area contributed by atoms with Gasteiger partial charge in [0.1, 0.15) is 16.4 Å². The number of carbonyl (C=O) groups is 1. The van der Waals surface area contributed by atoms with Crippen molar-refractivity contribution in [1.29, 1.82) is 0 Å². The van der Waals surface area contributed by atoms with Crippen LogP contribution in [0.2, 0.25) is 0 Å². The van der Waals surface area contributed by atoms with E-state index in [1.807, 2.05) is 6.92 Å². The van der Waals surface area contributed by atoms with E-state index in [0.717, 1.165) is 16.9 Å². The Labute approximate surface area is 114 Å². The summed E-state index contributed by atoms with van der Waals surface area (Å²) in [5.74, 6) is 0.272. The lowest BCUT2D eigenvalue weighted by Gasteiger charge is -2.13. The maximum absolute atomic E-state index is 11.2. The molecule has 1 N–H and O–H groups in total. The standard InChI is InChI=1S/C13H13NO4S/c1-7-9(17-2)5-4-8(11(7)18-3)10-12(13(15)16)19-6-14-10/h4-6H,1-3H3,(H,15,16). The van der Waals surface area contributed by atoms with E-state index in [2.05, 4.69) is 4.98 Å². The number of aromatic nitrogens is 1. The van der Waals surface area contributed by atoms with Crippen LogP contribution in [-0.4, -0.2) is 30.3 Å². The number of benzene rings is 1. The summed E-state index contributed by atoms with van der Waals surface area (Å²) in [6, 6.07) is 3.53. The van der Waals surface area contributed by atoms with E-state index in [0.29, 0.717) is 22.8 Å². The van der Waals surface area contributed by atoms with Crippen molar-refractivity contribution in [3.63, 3.8) is 0 Å². The highest BCUT2D eigenvalue weighted by molar-refractivity contribution is 7.12. The second-order valence-corrected chi connectivity index (χ2v) is 4.66. The van der Waals surface area contributed by atoms with E-state index >= 15 is 0 Å². The Kier molecular flexibility index (Phi) is 3.71. The molecule has 100 valence electrons. The minimum atomic E-state index is -0.993. The highest BCUT2D eigenvalue weighted by atomic mass is 32.1. The molecule has 0 fully saturated rings. The topological polar surface area (TPSA) is 68.7 Å². The Morgan fingerprint density at radius 2 is 2.05 bits per heavy atom. The summed E-state index contributed by atoms with van der Waals surface area (Å²) < 4.78 is 10.6. The van der Waals surface area contributed by atoms with E-state index < -0.39 is 5.97 Å². The predicted octanol–water partition coefficient (Wildman–Crippen LogP) is 2.83. The van der Waals surface area contributed by atoms with Gasteiger partial charge < -0.3 is 14.6 Å². The Bertz CT molecular complexity index is 621. The Morgan fingerprint density at radius 1 is 1.32 bits per heavy atom. The summed E-state index contributed by atoms with van der Waals surface area (Å²) in [6.07, 6.45) is 0. The van der Waals surface area contributed by atoms with Crippen molar-refractivity contribution < 1.29 is 19.4 Å². The summed E-state index contributed by atoms with van der Waals surface area (Å²) in [5, 5.41) is 9.15. The van der Waals surface area contributed by atoms with Crippen LogP contribution in [0, 0.1) is 6.92 Å². The molecule has 0 saturated heterocycles. The molecule has 0 unspecified atom stereocenters. The molecule has 2 rings (SSSR count). The number of ether oxygens (including phenoxy) is 2. The second-order valence-electron chi connectivity index (χ2n) is 3.81. The molecule has 1 heterocycles. The first-order chi connectivity index (χ1) is 9.10. The number of thiazole rings is 1. The first kappa shape index (κ1) is 13.4. The molecular weight excluding hydrogens is 266 g/mol. The van der Waals surface area contributed by atoms with Crippen LogP contribution in [0.1, 0.15) is 15.2 Å². The molecular formula is C13H13NO4S. The van der Waals surface area contributed by atoms with Crippen molar-refractivity contribution in [2.45, 2.75) is 6.92 Å². The SMILES string of the molecule is COc1ccc(-c2ncsc2C(=O)O)c(OC)c1C. The van der Waals surface area contributed by atoms with E-state index in [4.69, 9.17) is 14.6 Å². The molecule has 1 aromatic heterocycles. The zero-order chi connectivity index (χ0) is 14.0. The van der Waals surface area contributed by atoms with Gasteiger partial charge in [-0.3, -0.25) is 0 Å². The lowest BCUT2D eigenvalue weighted by atomic mass is 10.0. The normalized spacial score (nSPS) is 10.3. The zero-order valence-electron chi connectivity index (χ0n) is 10.8. The second kappa shape index (κ2) is 5.27. The van der Waals surface area contributed by atoms with Crippen molar-refractivity contribution in [3.8, 4) is 22.8 Å². The van der Waals surface area contributed by atoms with Crippen LogP contribution in [0.4, 0.5) is 0 Å². The third kappa shape index (κ3) is 2.26. The van der Waals surface area contributed by atoms with Gasteiger partial charge in [0.05, 0.1) is 25.4 Å². The van der Waals surface area contributed by atoms with Gasteiger partial charge in [0, 0.05) is 11.1 Å². The largest absolute Gasteiger partial charge is 0.496 e. The molecule has 0 saturated carbocycles. The molecule has 2 aromatic rings. The summed E-state index contributed by atoms with van der Waals surface area (Å²) >= 11 is 1.09. The monoisotopic (exact) mass is 279 g/mol. The van der Waals surface area contributed by atoms with Crippen molar-refractivity contribution in [2.24, 2.45) is 0 Å². The van der Waals surface area contributed by atoms with Gasteiger partial charge in [-0.25, -0.2) is 9.78 Å². The number of carboxylic acids is 1. The number of aromatic carboxylic acids is 1. The highest BCUT2D eigenvalue weighted by Crippen LogP contribution is 2.39. The first-order valence-corrected chi connectivity index (χ1v) is 6.36. The maximum atomic E-state index is 11.2. The number of carboxylic acid groups (broad SMARTS) is 1. The lowest BCUT2D eigenvalue weighted by molar-refractivity contribution is 0.0702. The molecule has 0 aliphatic carbocycles. The fraction of sp³-hybridized carbons (Fsp3) is 0.231. The summed E-state index contributed by atoms with van der Waals surface area (Å²) in [7, 11) is 3.12. The minimum absolute atomic E-state index is 0.197. The van der Waals surface area contributed by atoms with Crippen LogP contribution >= 0.6 is 11.3 Å². The third-order valence-corrected chi connectivity index (χ3v) is 3.61. The van der Waals surface area contributed by atoms with E-state index in [9.17, 15) is 4.79 Å². The Balaban J connectivity index is 2.65. The fourth-order valence-electron chi connectivity index (χ4n) is 1.93. The molecule has 5 nitrogen and oxygen atoms in total. The van der Waals surface area contributed by atoms with Crippen LogP contribution in [0.15, 0.2) is 17.6 Å². The van der Waals surface area contributed by atoms with Gasteiger partial charge in [-0.15, -0.1) is 11.3 Å². The highest BCUT2D eigenvalue weighted by Gasteiger charge is 2.20. The molecule has 0 bridgehead atoms. The van der Waals surface area contributed by atoms with E-state index in [1.54, 1.807) is 19.2 Å². The quantitative estimate of drug-likeness (QED) is 0.932. The van der Waals surface area contributed by atoms with Crippen LogP contribution in [0.5, 0.6) is 11.5 Å². The summed E-state index contributed by atoms with van der Waals surface area (Å²) in [6.45, 7) is 1.86. The van der Waals surface area contributed by atoms with Gasteiger partial charge in [-0.2, -0.15) is 0 Å². The van der Waals surface area contributed by atoms with E-state index in [-0.39, 0.29) is 4.88 Å². The van der Waals surface area contributed by atoms with Crippen LogP contribution in [0.25, 0.3) is 11.3 Å². The van der Waals surface area contributed by atoms with E-state index in [1.165, 1.54) is 12.6 Å². The van der Waals surface area contributed by atoms with Gasteiger partial charge in [0.2, 0.25) is 0 Å². The fourth-order valence-corrected chi connectivity index (χ4v) is 2.57. The molecule has 0 spiro atoms. The van der Waals surface area contributed by atoms with Crippen LogP contribution in [-0.2, 0) is 0 Å². The van der Waals surface area contributed by atoms with Crippen LogP contribution < -0.4 is 9.47 Å². The minimum Gasteiger partial charge on any atom is -0.496 e. The smallest absolute Gasteiger partial charge is 0.348 e. The molecule has 0 aliphatic rings. The van der Waals surface area contributed by atoms with Gasteiger partial charge in [-0.05, 0) is 19.1 Å². The van der Waals surface area contributed by atoms with Crippen LogP contribution in [0.3, 0.4) is 0 Å². The molecule has 0 aliphatic heterocycles. The molecule has 1 aromatic carbocycles. The van der Waals surface area contributed by atoms with Crippen molar-refractivity contribution >= 4 is 17.3 Å². The number of nitrogens with zero attached hydrogens (tertiary/aromatic N) is 1.